The lowest BCUT2D eigenvalue weighted by molar-refractivity contribution is 0.619. The highest BCUT2D eigenvalue weighted by atomic mass is 35.5. The highest BCUT2D eigenvalue weighted by Gasteiger charge is 1.96. The summed E-state index contributed by atoms with van der Waals surface area (Å²) in [6.45, 7) is 1.76. The summed E-state index contributed by atoms with van der Waals surface area (Å²) in [5, 5.41) is 0. The van der Waals surface area contributed by atoms with E-state index in [2.05, 4.69) is 16.8 Å². The van der Waals surface area contributed by atoms with Crippen molar-refractivity contribution in [2.45, 2.75) is 6.92 Å². The average molecular weight is 184 g/mol. The Labute approximate surface area is 75.6 Å². The molecule has 0 saturated carbocycles. The molecule has 3 heteroatoms. The molecule has 0 radical (unpaired) electrons. The topological polar surface area (TPSA) is 12.9 Å². The van der Waals surface area contributed by atoms with Crippen molar-refractivity contribution < 1.29 is 4.39 Å². The lowest BCUT2D eigenvalue weighted by Crippen LogP contribution is -1.89. The molecule has 62 valence electrons. The molecule has 1 nitrogen and oxygen atoms in total. The van der Waals surface area contributed by atoms with E-state index in [1.165, 1.54) is 6.07 Å². The maximum atomic E-state index is 12.5. The molecular weight excluding hydrogens is 177 g/mol. The third-order valence-corrected chi connectivity index (χ3v) is 1.45. The molecule has 0 aliphatic heterocycles. The minimum Gasteiger partial charge on any atom is -0.244 e. The van der Waals surface area contributed by atoms with Crippen molar-refractivity contribution >= 4 is 11.6 Å². The summed E-state index contributed by atoms with van der Waals surface area (Å²) in [5.74, 6) is 5.30. The number of aryl methyl sites for hydroxylation is 1. The molecule has 0 unspecified atom stereocenters. The normalized spacial score (nSPS) is 8.92. The van der Waals surface area contributed by atoms with Gasteiger partial charge in [0.15, 0.2) is 0 Å². The highest BCUT2D eigenvalue weighted by molar-refractivity contribution is 6.19. The Morgan fingerprint density at radius 1 is 1.67 bits per heavy atom. The van der Waals surface area contributed by atoms with E-state index in [0.717, 1.165) is 11.8 Å². The van der Waals surface area contributed by atoms with E-state index in [0.29, 0.717) is 5.69 Å². The van der Waals surface area contributed by atoms with E-state index < -0.39 is 0 Å². The molecule has 0 bridgehead atoms. The van der Waals surface area contributed by atoms with Crippen molar-refractivity contribution in [1.82, 2.24) is 4.98 Å². The number of pyridine rings is 1. The van der Waals surface area contributed by atoms with Crippen LogP contribution >= 0.6 is 11.6 Å². The van der Waals surface area contributed by atoms with Crippen LogP contribution in [0.3, 0.4) is 0 Å². The summed E-state index contributed by atoms with van der Waals surface area (Å²) in [5.41, 5.74) is 1.31. The number of rotatable bonds is 0. The molecule has 1 aromatic rings. The van der Waals surface area contributed by atoms with E-state index in [9.17, 15) is 4.39 Å². The van der Waals surface area contributed by atoms with Gasteiger partial charge >= 0.3 is 0 Å². The fourth-order valence-corrected chi connectivity index (χ4v) is 0.855. The van der Waals surface area contributed by atoms with Gasteiger partial charge < -0.3 is 0 Å². The van der Waals surface area contributed by atoms with Gasteiger partial charge in [0.2, 0.25) is 0 Å². The van der Waals surface area contributed by atoms with Crippen LogP contribution in [0.15, 0.2) is 12.3 Å². The molecule has 1 heterocycles. The molecule has 0 saturated heterocycles. The van der Waals surface area contributed by atoms with Gasteiger partial charge in [-0.05, 0) is 24.5 Å². The molecule has 0 fully saturated rings. The van der Waals surface area contributed by atoms with E-state index in [4.69, 9.17) is 11.6 Å². The van der Waals surface area contributed by atoms with Crippen LogP contribution in [0, 0.1) is 24.6 Å². The first-order valence-electron chi connectivity index (χ1n) is 3.41. The van der Waals surface area contributed by atoms with Crippen molar-refractivity contribution in [2.75, 3.05) is 5.88 Å². The van der Waals surface area contributed by atoms with Gasteiger partial charge in [0.05, 0.1) is 12.1 Å². The lowest BCUT2D eigenvalue weighted by Gasteiger charge is -1.95. The van der Waals surface area contributed by atoms with Gasteiger partial charge in [-0.15, -0.1) is 11.6 Å². The van der Waals surface area contributed by atoms with Gasteiger partial charge in [0, 0.05) is 0 Å². The predicted octanol–water partition coefficient (Wildman–Crippen LogP) is 2.12. The lowest BCUT2D eigenvalue weighted by atomic mass is 10.2. The smallest absolute Gasteiger partial charge is 0.141 e. The summed E-state index contributed by atoms with van der Waals surface area (Å²) in [6.07, 6.45) is 1.14. The molecule has 1 rings (SSSR count). The van der Waals surface area contributed by atoms with Gasteiger partial charge in [-0.25, -0.2) is 9.37 Å². The first-order chi connectivity index (χ1) is 5.74. The van der Waals surface area contributed by atoms with E-state index >= 15 is 0 Å². The Hall–Kier alpha value is -1.07. The highest BCUT2D eigenvalue weighted by Crippen LogP contribution is 2.04. The van der Waals surface area contributed by atoms with Crippen molar-refractivity contribution in [3.63, 3.8) is 0 Å². The number of alkyl halides is 1. The molecule has 0 spiro atoms. The minimum atomic E-state index is -0.344. The fourth-order valence-electron chi connectivity index (χ4n) is 0.788. The van der Waals surface area contributed by atoms with Gasteiger partial charge in [0.1, 0.15) is 11.5 Å². The van der Waals surface area contributed by atoms with Gasteiger partial charge in [-0.2, -0.15) is 0 Å². The third kappa shape index (κ3) is 2.21. The Morgan fingerprint density at radius 2 is 2.42 bits per heavy atom. The van der Waals surface area contributed by atoms with Gasteiger partial charge in [-0.1, -0.05) is 5.92 Å². The summed E-state index contributed by atoms with van der Waals surface area (Å²) in [4.78, 5) is 3.81. The summed E-state index contributed by atoms with van der Waals surface area (Å²) >= 11 is 5.36. The van der Waals surface area contributed by atoms with E-state index in [1.54, 1.807) is 6.92 Å². The molecule has 12 heavy (non-hydrogen) atoms. The van der Waals surface area contributed by atoms with Crippen LogP contribution < -0.4 is 0 Å². The number of halogens is 2. The van der Waals surface area contributed by atoms with Crippen LogP contribution in [0.5, 0.6) is 0 Å². The average Bonchev–Trinajstić information content (AvgIpc) is 2.03. The largest absolute Gasteiger partial charge is 0.244 e. The molecule has 1 aromatic heterocycles. The Bertz CT molecular complexity index is 338. The second kappa shape index (κ2) is 4.08. The Kier molecular flexibility index (Phi) is 3.07. The zero-order valence-corrected chi connectivity index (χ0v) is 7.32. The zero-order chi connectivity index (χ0) is 8.97. The monoisotopic (exact) mass is 183 g/mol. The Morgan fingerprint density at radius 3 is 3.00 bits per heavy atom. The van der Waals surface area contributed by atoms with Crippen LogP contribution in [0.4, 0.5) is 4.39 Å². The van der Waals surface area contributed by atoms with Crippen LogP contribution in [0.2, 0.25) is 0 Å². The number of hydrogen-bond donors (Lipinski definition) is 0. The fraction of sp³-hybridized carbons (Fsp3) is 0.222. The predicted molar refractivity (Wildman–Crippen MR) is 46.5 cm³/mol. The summed E-state index contributed by atoms with van der Waals surface area (Å²) < 4.78 is 12.5. The van der Waals surface area contributed by atoms with Crippen LogP contribution in [0.25, 0.3) is 0 Å². The summed E-state index contributed by atoms with van der Waals surface area (Å²) in [6, 6.07) is 1.39. The van der Waals surface area contributed by atoms with E-state index in [1.807, 2.05) is 0 Å². The molecule has 0 aliphatic carbocycles. The molecule has 0 N–H and O–H groups in total. The standard InChI is InChI=1S/C9H7ClFN/c1-7-5-8(11)6-12-9(7)3-2-4-10/h5-6H,4H2,1H3. The zero-order valence-electron chi connectivity index (χ0n) is 6.56. The molecular formula is C9H7ClFN. The van der Waals surface area contributed by atoms with Gasteiger partial charge in [-0.3, -0.25) is 0 Å². The number of hydrogen-bond acceptors (Lipinski definition) is 1. The molecule has 0 atom stereocenters. The molecule has 0 amide bonds. The van der Waals surface area contributed by atoms with Crippen molar-refractivity contribution in [3.05, 3.63) is 29.3 Å². The first kappa shape index (κ1) is 9.02. The van der Waals surface area contributed by atoms with Gasteiger partial charge in [0.25, 0.3) is 0 Å². The maximum Gasteiger partial charge on any atom is 0.141 e. The van der Waals surface area contributed by atoms with Crippen LogP contribution in [0.1, 0.15) is 11.3 Å². The van der Waals surface area contributed by atoms with Crippen LogP contribution in [-0.2, 0) is 0 Å². The number of aromatic nitrogens is 1. The van der Waals surface area contributed by atoms with E-state index in [-0.39, 0.29) is 11.7 Å². The summed E-state index contributed by atoms with van der Waals surface area (Å²) in [7, 11) is 0. The van der Waals surface area contributed by atoms with Crippen molar-refractivity contribution in [1.29, 1.82) is 0 Å². The minimum absolute atomic E-state index is 0.262. The molecule has 0 aliphatic rings. The SMILES string of the molecule is Cc1cc(F)cnc1C#CCCl. The molecule has 0 aromatic carbocycles. The Balaban J connectivity index is 3.01. The van der Waals surface area contributed by atoms with Crippen LogP contribution in [-0.4, -0.2) is 10.9 Å². The second-order valence-corrected chi connectivity index (χ2v) is 2.52. The van der Waals surface area contributed by atoms with Crippen molar-refractivity contribution in [2.24, 2.45) is 0 Å². The second-order valence-electron chi connectivity index (χ2n) is 2.25. The maximum absolute atomic E-state index is 12.5. The third-order valence-electron chi connectivity index (χ3n) is 1.32. The number of nitrogens with zero attached hydrogens (tertiary/aromatic N) is 1. The van der Waals surface area contributed by atoms with Crippen molar-refractivity contribution in [3.8, 4) is 11.8 Å². The quantitative estimate of drug-likeness (QED) is 0.444. The first-order valence-corrected chi connectivity index (χ1v) is 3.94.